The molecule has 8 nitrogen and oxygen atoms in total. The van der Waals surface area contributed by atoms with Crippen LogP contribution in [0.2, 0.25) is 0 Å². The molecule has 2 amide bonds. The number of esters is 1. The molecule has 19 heavy (non-hydrogen) atoms. The highest BCUT2D eigenvalue weighted by Gasteiger charge is 2.15. The third kappa shape index (κ3) is 4.56. The fourth-order valence-corrected chi connectivity index (χ4v) is 1.87. The number of hydrogen-bond acceptors (Lipinski definition) is 7. The van der Waals surface area contributed by atoms with Gasteiger partial charge in [-0.3, -0.25) is 10.2 Å². The number of anilines is 1. The number of hydrazine groups is 1. The van der Waals surface area contributed by atoms with Crippen molar-refractivity contribution in [3.63, 3.8) is 0 Å². The van der Waals surface area contributed by atoms with Gasteiger partial charge >= 0.3 is 12.1 Å². The Morgan fingerprint density at radius 1 is 1.26 bits per heavy atom. The fraction of sp³-hybridized carbons (Fsp3) is 0.300. The van der Waals surface area contributed by atoms with Crippen molar-refractivity contribution in [1.29, 1.82) is 0 Å². The van der Waals surface area contributed by atoms with E-state index in [1.54, 1.807) is 11.4 Å². The van der Waals surface area contributed by atoms with Crippen LogP contribution in [-0.2, 0) is 14.3 Å². The molecule has 0 aliphatic rings. The highest BCUT2D eigenvalue weighted by atomic mass is 32.1. The highest BCUT2D eigenvalue weighted by Crippen LogP contribution is 2.22. The Morgan fingerprint density at radius 2 is 2.00 bits per heavy atom. The molecule has 0 saturated carbocycles. The third-order valence-electron chi connectivity index (χ3n) is 1.93. The quantitative estimate of drug-likeness (QED) is 0.532. The lowest BCUT2D eigenvalue weighted by Gasteiger charge is -2.07. The zero-order valence-electron chi connectivity index (χ0n) is 10.3. The van der Waals surface area contributed by atoms with Gasteiger partial charge in [0.25, 0.3) is 0 Å². The molecule has 9 heteroatoms. The molecule has 3 N–H and O–H groups in total. The Labute approximate surface area is 113 Å². The number of carbonyl (C=O) groups is 3. The summed E-state index contributed by atoms with van der Waals surface area (Å²) < 4.78 is 8.87. The lowest BCUT2D eigenvalue weighted by atomic mass is 10.4. The van der Waals surface area contributed by atoms with Crippen LogP contribution in [0.4, 0.5) is 10.5 Å². The number of hydrogen-bond donors (Lipinski definition) is 3. The van der Waals surface area contributed by atoms with Crippen molar-refractivity contribution >= 4 is 35.0 Å². The van der Waals surface area contributed by atoms with Gasteiger partial charge in [-0.1, -0.05) is 0 Å². The van der Waals surface area contributed by atoms with E-state index in [0.717, 1.165) is 11.3 Å². The second kappa shape index (κ2) is 7.34. The summed E-state index contributed by atoms with van der Waals surface area (Å²) in [6.07, 6.45) is -0.710. The van der Waals surface area contributed by atoms with Crippen molar-refractivity contribution in [3.8, 4) is 0 Å². The number of amides is 2. The van der Waals surface area contributed by atoms with Crippen molar-refractivity contribution < 1.29 is 23.9 Å². The third-order valence-corrected chi connectivity index (χ3v) is 2.83. The predicted molar refractivity (Wildman–Crippen MR) is 67.8 cm³/mol. The van der Waals surface area contributed by atoms with Crippen LogP contribution in [0.15, 0.2) is 11.4 Å². The highest BCUT2D eigenvalue weighted by molar-refractivity contribution is 7.12. The first-order valence-electron chi connectivity index (χ1n) is 5.11. The Bertz CT molecular complexity index is 473. The summed E-state index contributed by atoms with van der Waals surface area (Å²) in [6, 6.07) is 1.59. The fourth-order valence-electron chi connectivity index (χ4n) is 1.10. The number of nitrogens with one attached hydrogen (secondary N) is 3. The summed E-state index contributed by atoms with van der Waals surface area (Å²) in [5.41, 5.74) is 4.85. The molecule has 0 unspecified atom stereocenters. The topological polar surface area (TPSA) is 106 Å². The molecule has 1 aromatic heterocycles. The van der Waals surface area contributed by atoms with Gasteiger partial charge in [-0.05, 0) is 11.4 Å². The first kappa shape index (κ1) is 14.9. The van der Waals surface area contributed by atoms with Gasteiger partial charge in [0.1, 0.15) is 4.88 Å². The second-order valence-corrected chi connectivity index (χ2v) is 4.09. The molecular weight excluding hydrogens is 274 g/mol. The molecule has 0 aromatic carbocycles. The molecule has 0 bridgehead atoms. The van der Waals surface area contributed by atoms with E-state index >= 15 is 0 Å². The minimum Gasteiger partial charge on any atom is -0.465 e. The van der Waals surface area contributed by atoms with Crippen LogP contribution in [0.25, 0.3) is 0 Å². The van der Waals surface area contributed by atoms with Crippen LogP contribution in [-0.4, -0.2) is 38.7 Å². The summed E-state index contributed by atoms with van der Waals surface area (Å²) in [7, 11) is 2.46. The van der Waals surface area contributed by atoms with Crippen molar-refractivity contribution in [2.24, 2.45) is 0 Å². The van der Waals surface area contributed by atoms with Crippen molar-refractivity contribution in [2.75, 3.05) is 26.1 Å². The van der Waals surface area contributed by atoms with Crippen LogP contribution in [0.3, 0.4) is 0 Å². The maximum Gasteiger partial charge on any atom is 0.421 e. The molecule has 0 spiro atoms. The predicted octanol–water partition coefficient (Wildman–Crippen LogP) is 0.334. The van der Waals surface area contributed by atoms with Gasteiger partial charge in [0.15, 0.2) is 0 Å². The molecule has 0 fully saturated rings. The summed E-state index contributed by atoms with van der Waals surface area (Å²) in [5.74, 6) is -0.953. The molecular formula is C10H13N3O5S. The van der Waals surface area contributed by atoms with Crippen molar-refractivity contribution in [1.82, 2.24) is 10.9 Å². The van der Waals surface area contributed by atoms with Crippen LogP contribution >= 0.6 is 11.3 Å². The largest absolute Gasteiger partial charge is 0.465 e. The van der Waals surface area contributed by atoms with Crippen LogP contribution in [0.5, 0.6) is 0 Å². The van der Waals surface area contributed by atoms with Crippen molar-refractivity contribution in [3.05, 3.63) is 16.3 Å². The van der Waals surface area contributed by atoms with E-state index < -0.39 is 18.0 Å². The second-order valence-electron chi connectivity index (χ2n) is 3.17. The lowest BCUT2D eigenvalue weighted by molar-refractivity contribution is -0.115. The van der Waals surface area contributed by atoms with Gasteiger partial charge < -0.3 is 14.8 Å². The molecule has 0 radical (unpaired) electrons. The van der Waals surface area contributed by atoms with Crippen LogP contribution < -0.4 is 16.2 Å². The van der Waals surface area contributed by atoms with Gasteiger partial charge in [0.2, 0.25) is 5.91 Å². The normalized spacial score (nSPS) is 9.58. The molecule has 1 heterocycles. The average Bonchev–Trinajstić information content (AvgIpc) is 2.85. The number of carbonyl (C=O) groups excluding carboxylic acids is 3. The average molecular weight is 287 g/mol. The molecule has 0 saturated heterocycles. The monoisotopic (exact) mass is 287 g/mol. The van der Waals surface area contributed by atoms with E-state index in [-0.39, 0.29) is 6.54 Å². The molecule has 1 rings (SSSR count). The maximum absolute atomic E-state index is 11.5. The van der Waals surface area contributed by atoms with Gasteiger partial charge in [-0.15, -0.1) is 11.3 Å². The Kier molecular flexibility index (Phi) is 5.76. The first-order chi connectivity index (χ1) is 9.08. The van der Waals surface area contributed by atoms with E-state index in [9.17, 15) is 14.4 Å². The van der Waals surface area contributed by atoms with Gasteiger partial charge in [-0.2, -0.15) is 0 Å². The Balaban J connectivity index is 2.47. The lowest BCUT2D eigenvalue weighted by Crippen LogP contribution is -2.41. The number of ether oxygens (including phenoxy) is 2. The first-order valence-corrected chi connectivity index (χ1v) is 5.99. The van der Waals surface area contributed by atoms with Gasteiger partial charge in [0, 0.05) is 0 Å². The van der Waals surface area contributed by atoms with E-state index in [4.69, 9.17) is 0 Å². The van der Waals surface area contributed by atoms with Crippen LogP contribution in [0, 0.1) is 0 Å². The van der Waals surface area contributed by atoms with E-state index in [1.807, 2.05) is 0 Å². The summed E-state index contributed by atoms with van der Waals surface area (Å²) >= 11 is 1.16. The molecule has 0 aliphatic heterocycles. The minimum atomic E-state index is -0.710. The molecule has 104 valence electrons. The number of thiophene rings is 1. The zero-order valence-corrected chi connectivity index (χ0v) is 11.1. The van der Waals surface area contributed by atoms with E-state index in [2.05, 4.69) is 25.6 Å². The van der Waals surface area contributed by atoms with Crippen molar-refractivity contribution in [2.45, 2.75) is 0 Å². The molecule has 1 aromatic rings. The molecule has 0 aliphatic carbocycles. The Hall–Kier alpha value is -2.13. The smallest absolute Gasteiger partial charge is 0.421 e. The standard InChI is InChI=1S/C10H13N3O5S/c1-17-9(15)8-6(3-4-19-8)12-7(14)5-11-13-10(16)18-2/h3-4,11H,5H2,1-2H3,(H,12,14)(H,13,16). The SMILES string of the molecule is COC(=O)NNCC(=O)Nc1ccsc1C(=O)OC. The van der Waals surface area contributed by atoms with Gasteiger partial charge in [-0.25, -0.2) is 15.0 Å². The number of rotatable bonds is 5. The van der Waals surface area contributed by atoms with Gasteiger partial charge in [0.05, 0.1) is 26.5 Å². The minimum absolute atomic E-state index is 0.175. The summed E-state index contributed by atoms with van der Waals surface area (Å²) in [5, 5.41) is 4.17. The number of methoxy groups -OCH3 is 2. The molecule has 0 atom stereocenters. The van der Waals surface area contributed by atoms with E-state index in [1.165, 1.54) is 14.2 Å². The zero-order chi connectivity index (χ0) is 14.3. The maximum atomic E-state index is 11.5. The summed E-state index contributed by atoms with van der Waals surface area (Å²) in [6.45, 7) is -0.175. The van der Waals surface area contributed by atoms with E-state index in [0.29, 0.717) is 10.6 Å². The van der Waals surface area contributed by atoms with Crippen LogP contribution in [0.1, 0.15) is 9.67 Å². The summed E-state index contributed by atoms with van der Waals surface area (Å²) in [4.78, 5) is 33.9. The Morgan fingerprint density at radius 3 is 2.63 bits per heavy atom.